The summed E-state index contributed by atoms with van der Waals surface area (Å²) in [5, 5.41) is 11.1. The zero-order chi connectivity index (χ0) is 33.7. The monoisotopic (exact) mass is 620 g/mol. The largest absolute Gasteiger partial charge is 0.363 e. The third-order valence-corrected chi connectivity index (χ3v) is 8.75. The molecule has 0 aromatic heterocycles. The number of carbonyl (C=O) groups is 6. The van der Waals surface area contributed by atoms with E-state index in [-0.39, 0.29) is 29.7 Å². The lowest BCUT2D eigenvalue weighted by Gasteiger charge is -2.37. The molecule has 1 unspecified atom stereocenters. The Kier molecular flexibility index (Phi) is 12.4. The van der Waals surface area contributed by atoms with Gasteiger partial charge in [-0.15, -0.1) is 0 Å². The van der Waals surface area contributed by atoms with Crippen LogP contribution in [-0.2, 0) is 24.0 Å². The van der Waals surface area contributed by atoms with Crippen molar-refractivity contribution in [3.8, 4) is 0 Å². The molecule has 1 aliphatic heterocycles. The van der Waals surface area contributed by atoms with E-state index in [4.69, 9.17) is 5.73 Å². The van der Waals surface area contributed by atoms with Gasteiger partial charge in [-0.2, -0.15) is 0 Å². The molecule has 1 saturated carbocycles. The number of rotatable bonds is 12. The molecule has 1 heterocycles. The molecule has 1 aliphatic carbocycles. The second kappa shape index (κ2) is 14.7. The molecule has 250 valence electrons. The first-order valence-corrected chi connectivity index (χ1v) is 15.9. The maximum absolute atomic E-state index is 14.2. The Morgan fingerprint density at radius 2 is 1.36 bits per heavy atom. The van der Waals surface area contributed by atoms with Crippen LogP contribution in [0.25, 0.3) is 0 Å². The number of ketones is 1. The van der Waals surface area contributed by atoms with E-state index in [1.54, 1.807) is 0 Å². The summed E-state index contributed by atoms with van der Waals surface area (Å²) in [7, 11) is 0. The van der Waals surface area contributed by atoms with Gasteiger partial charge in [0.15, 0.2) is 0 Å². The van der Waals surface area contributed by atoms with Crippen LogP contribution in [-0.4, -0.2) is 77.1 Å². The van der Waals surface area contributed by atoms with Gasteiger partial charge in [0.2, 0.25) is 23.5 Å². The van der Waals surface area contributed by atoms with Crippen LogP contribution in [0.15, 0.2) is 0 Å². The number of hydrogen-bond acceptors (Lipinski definition) is 6. The molecular formula is C32H56N6O6. The summed E-state index contributed by atoms with van der Waals surface area (Å²) in [6, 6.07) is -4.64. The van der Waals surface area contributed by atoms with E-state index in [1.807, 2.05) is 69.2 Å². The van der Waals surface area contributed by atoms with Crippen molar-refractivity contribution in [3.63, 3.8) is 0 Å². The Morgan fingerprint density at radius 1 is 0.818 bits per heavy atom. The van der Waals surface area contributed by atoms with Crippen LogP contribution >= 0.6 is 0 Å². The van der Waals surface area contributed by atoms with Crippen LogP contribution in [0.3, 0.4) is 0 Å². The average Bonchev–Trinajstić information content (AvgIpc) is 3.30. The van der Waals surface area contributed by atoms with Crippen LogP contribution in [0.5, 0.6) is 0 Å². The first kappa shape index (κ1) is 37.0. The highest BCUT2D eigenvalue weighted by atomic mass is 16.2. The summed E-state index contributed by atoms with van der Waals surface area (Å²) in [6.45, 7) is 19.0. The molecular weight excluding hydrogens is 564 g/mol. The molecule has 2 aliphatic rings. The maximum atomic E-state index is 14.2. The average molecular weight is 621 g/mol. The van der Waals surface area contributed by atoms with Crippen molar-refractivity contribution in [3.05, 3.63) is 0 Å². The molecule has 0 bridgehead atoms. The molecule has 0 aromatic carbocycles. The van der Waals surface area contributed by atoms with Crippen molar-refractivity contribution in [2.45, 2.75) is 132 Å². The van der Waals surface area contributed by atoms with E-state index in [0.717, 1.165) is 19.3 Å². The van der Waals surface area contributed by atoms with Crippen LogP contribution in [0, 0.1) is 28.6 Å². The topological polar surface area (TPSA) is 180 Å². The van der Waals surface area contributed by atoms with E-state index in [0.29, 0.717) is 19.4 Å². The van der Waals surface area contributed by atoms with E-state index < -0.39 is 64.5 Å². The summed E-state index contributed by atoms with van der Waals surface area (Å²) in [6.07, 6.45) is 3.56. The minimum atomic E-state index is -1.10. The molecule has 6 N–H and O–H groups in total. The Bertz CT molecular complexity index is 1090. The van der Waals surface area contributed by atoms with Gasteiger partial charge in [0, 0.05) is 12.6 Å². The Morgan fingerprint density at radius 3 is 1.80 bits per heavy atom. The van der Waals surface area contributed by atoms with Crippen molar-refractivity contribution in [2.24, 2.45) is 34.3 Å². The van der Waals surface area contributed by atoms with Gasteiger partial charge in [-0.05, 0) is 55.3 Å². The molecule has 2 fully saturated rings. The van der Waals surface area contributed by atoms with E-state index in [9.17, 15) is 28.8 Å². The van der Waals surface area contributed by atoms with Crippen LogP contribution in [0.4, 0.5) is 4.79 Å². The summed E-state index contributed by atoms with van der Waals surface area (Å²) < 4.78 is 0. The second-order valence-electron chi connectivity index (χ2n) is 15.4. The molecule has 5 atom stereocenters. The Balaban J connectivity index is 2.32. The number of urea groups is 1. The molecule has 2 rings (SSSR count). The number of nitrogens with two attached hydrogens (primary N) is 1. The normalized spacial score (nSPS) is 21.2. The first-order chi connectivity index (χ1) is 20.1. The summed E-state index contributed by atoms with van der Waals surface area (Å²) in [4.78, 5) is 80.1. The fourth-order valence-corrected chi connectivity index (χ4v) is 5.74. The molecule has 0 radical (unpaired) electrons. The summed E-state index contributed by atoms with van der Waals surface area (Å²) in [5.41, 5.74) is 3.94. The lowest BCUT2D eigenvalue weighted by atomic mass is 9.80. The van der Waals surface area contributed by atoms with Crippen molar-refractivity contribution < 1.29 is 28.8 Å². The van der Waals surface area contributed by atoms with Crippen molar-refractivity contribution >= 4 is 35.4 Å². The standard InChI is InChI=1S/C32H56N6O6/c1-17(2)20-15-22(27(41)35-21(23(39)26(33)40)14-19-12-11-13-19)38(16-20)29(43)25(32(8,9)10)37-30(44)36-24(31(5,6)7)28(42)34-18(3)4/h17-22,24-25H,11-16H2,1-10H3,(H2,33,40)(H,34,42)(H,35,41)(H2,36,37,44)/t20-,21?,22+,24-,25-/m1/s1. The Labute approximate surface area is 262 Å². The van der Waals surface area contributed by atoms with Crippen LogP contribution in [0.1, 0.15) is 101 Å². The summed E-state index contributed by atoms with van der Waals surface area (Å²) in [5.74, 6) is -2.85. The second-order valence-corrected chi connectivity index (χ2v) is 15.4. The number of carbonyl (C=O) groups excluding carboxylic acids is 6. The molecule has 6 amide bonds. The lowest BCUT2D eigenvalue weighted by Crippen LogP contribution is -2.62. The van der Waals surface area contributed by atoms with Crippen LogP contribution < -0.4 is 27.0 Å². The van der Waals surface area contributed by atoms with Gasteiger partial charge in [-0.3, -0.25) is 24.0 Å². The number of Topliss-reactive ketones (excluding diaryl/α,β-unsaturated/α-hetero) is 1. The molecule has 12 nitrogen and oxygen atoms in total. The minimum Gasteiger partial charge on any atom is -0.363 e. The van der Waals surface area contributed by atoms with Gasteiger partial charge in [-0.1, -0.05) is 74.7 Å². The van der Waals surface area contributed by atoms with Gasteiger partial charge >= 0.3 is 6.03 Å². The lowest BCUT2D eigenvalue weighted by molar-refractivity contribution is -0.143. The van der Waals surface area contributed by atoms with E-state index in [1.165, 1.54) is 4.90 Å². The van der Waals surface area contributed by atoms with Gasteiger partial charge in [0.25, 0.3) is 5.91 Å². The van der Waals surface area contributed by atoms with E-state index >= 15 is 0 Å². The quantitative estimate of drug-likeness (QED) is 0.209. The van der Waals surface area contributed by atoms with Gasteiger partial charge < -0.3 is 31.9 Å². The smallest absolute Gasteiger partial charge is 0.316 e. The van der Waals surface area contributed by atoms with E-state index in [2.05, 4.69) is 21.3 Å². The number of nitrogens with one attached hydrogen (secondary N) is 4. The molecule has 0 spiro atoms. The van der Waals surface area contributed by atoms with Crippen molar-refractivity contribution in [2.75, 3.05) is 6.54 Å². The third kappa shape index (κ3) is 9.92. The SMILES string of the molecule is CC(C)NC(=O)[C@@H](NC(=O)N[C@H](C(=O)N1C[C@H](C(C)C)C[C@H]1C(=O)NC(CC1CCC1)C(=O)C(N)=O)C(C)(C)C)C(C)(C)C. The van der Waals surface area contributed by atoms with Crippen molar-refractivity contribution in [1.29, 1.82) is 0 Å². The minimum absolute atomic E-state index is 0.00562. The highest BCUT2D eigenvalue weighted by Gasteiger charge is 2.46. The molecule has 12 heteroatoms. The fourth-order valence-electron chi connectivity index (χ4n) is 5.74. The van der Waals surface area contributed by atoms with Crippen LogP contribution in [0.2, 0.25) is 0 Å². The molecule has 0 aromatic rings. The number of primary amides is 1. The van der Waals surface area contributed by atoms with Crippen molar-refractivity contribution in [1.82, 2.24) is 26.2 Å². The van der Waals surface area contributed by atoms with Gasteiger partial charge in [0.1, 0.15) is 18.1 Å². The van der Waals surface area contributed by atoms with Gasteiger partial charge in [-0.25, -0.2) is 4.79 Å². The van der Waals surface area contributed by atoms with Gasteiger partial charge in [0.05, 0.1) is 6.04 Å². The predicted octanol–water partition coefficient (Wildman–Crippen LogP) is 2.24. The number of likely N-dealkylation sites (tertiary alicyclic amines) is 1. The highest BCUT2D eigenvalue weighted by molar-refractivity contribution is 6.37. The zero-order valence-corrected chi connectivity index (χ0v) is 28.3. The number of amides is 6. The molecule has 1 saturated heterocycles. The number of hydrogen-bond donors (Lipinski definition) is 5. The summed E-state index contributed by atoms with van der Waals surface area (Å²) >= 11 is 0. The first-order valence-electron chi connectivity index (χ1n) is 15.9. The predicted molar refractivity (Wildman–Crippen MR) is 168 cm³/mol. The Hall–Kier alpha value is -3.18. The third-order valence-electron chi connectivity index (χ3n) is 8.75. The zero-order valence-electron chi connectivity index (χ0n) is 28.3. The number of nitrogens with zero attached hydrogens (tertiary/aromatic N) is 1. The molecule has 44 heavy (non-hydrogen) atoms. The maximum Gasteiger partial charge on any atom is 0.316 e. The fraction of sp³-hybridized carbons (Fsp3) is 0.812. The highest BCUT2D eigenvalue weighted by Crippen LogP contribution is 2.33.